The lowest BCUT2D eigenvalue weighted by Gasteiger charge is -2.28. The lowest BCUT2D eigenvalue weighted by molar-refractivity contribution is -0.136. The molecule has 3 N–H and O–H groups in total. The first-order chi connectivity index (χ1) is 17.6. The van der Waals surface area contributed by atoms with E-state index in [2.05, 4.69) is 0 Å². The number of cyclic esters (lactones) is 1. The van der Waals surface area contributed by atoms with Gasteiger partial charge in [-0.15, -0.1) is 0 Å². The number of nitrogens with one attached hydrogen (secondary N) is 1. The van der Waals surface area contributed by atoms with E-state index in [4.69, 9.17) is 15.3 Å². The first-order valence-corrected chi connectivity index (χ1v) is 11.5. The van der Waals surface area contributed by atoms with Crippen LogP contribution in [-0.4, -0.2) is 69.4 Å². The van der Waals surface area contributed by atoms with Crippen LogP contribution in [0.25, 0.3) is 0 Å². The monoisotopic (exact) mass is 527 g/mol. The Hall–Kier alpha value is -3.58. The van der Waals surface area contributed by atoms with E-state index in [-0.39, 0.29) is 31.0 Å². The van der Waals surface area contributed by atoms with E-state index in [1.807, 2.05) is 17.4 Å². The molecule has 13 heteroatoms. The van der Waals surface area contributed by atoms with Crippen LogP contribution in [0.1, 0.15) is 12.5 Å². The first-order valence-electron chi connectivity index (χ1n) is 11.5. The van der Waals surface area contributed by atoms with Crippen molar-refractivity contribution in [3.8, 4) is 0 Å². The van der Waals surface area contributed by atoms with Crippen molar-refractivity contribution in [1.82, 2.24) is 10.4 Å². The third-order valence-electron chi connectivity index (χ3n) is 5.80. The maximum absolute atomic E-state index is 15.1. The van der Waals surface area contributed by atoms with Gasteiger partial charge in [-0.25, -0.2) is 13.6 Å². The average molecular weight is 528 g/mol. The third-order valence-corrected chi connectivity index (χ3v) is 5.80. The fraction of sp³-hybridized carbons (Fsp3) is 0.417. The number of likely N-dealkylation sites (N-methyl/N-ethyl adjacent to an activating group) is 1. The van der Waals surface area contributed by atoms with E-state index in [9.17, 15) is 18.4 Å². The number of carbonyl (C=O) groups excluding carboxylic acids is 2. The molecule has 0 aliphatic carbocycles. The molecule has 1 fully saturated rings. The molecule has 3 rings (SSSR count). The Morgan fingerprint density at radius 3 is 2.43 bits per heavy atom. The van der Waals surface area contributed by atoms with Gasteiger partial charge in [-0.1, -0.05) is 12.1 Å². The van der Waals surface area contributed by atoms with Gasteiger partial charge in [-0.3, -0.25) is 9.69 Å². The third kappa shape index (κ3) is 7.23. The maximum Gasteiger partial charge on any atom is 0.414 e. The molecule has 0 unspecified atom stereocenters. The highest BCUT2D eigenvalue weighted by molar-refractivity contribution is 5.90. The molecule has 1 aliphatic rings. The molecular formula is C24H29F4N5O4. The highest BCUT2D eigenvalue weighted by atomic mass is 19.3. The number of nitrogen functional groups attached to an aromatic ring is 1. The summed E-state index contributed by atoms with van der Waals surface area (Å²) < 4.78 is 59.9. The minimum atomic E-state index is -3.21. The van der Waals surface area contributed by atoms with Crippen LogP contribution in [0.15, 0.2) is 36.4 Å². The Morgan fingerprint density at radius 1 is 1.22 bits per heavy atom. The number of ether oxygens (including phenoxy) is 1. The number of nitrogens with zero attached hydrogens (tertiary/aromatic N) is 3. The van der Waals surface area contributed by atoms with Gasteiger partial charge >= 0.3 is 12.5 Å². The van der Waals surface area contributed by atoms with Gasteiger partial charge in [0, 0.05) is 44.0 Å². The van der Waals surface area contributed by atoms with Gasteiger partial charge in [-0.2, -0.15) is 13.8 Å². The summed E-state index contributed by atoms with van der Waals surface area (Å²) in [4.78, 5) is 31.1. The highest BCUT2D eigenvalue weighted by Crippen LogP contribution is 2.31. The van der Waals surface area contributed by atoms with Gasteiger partial charge in [-0.05, 0) is 24.6 Å². The number of hydroxylamine groups is 2. The number of alkyl halides is 2. The van der Waals surface area contributed by atoms with E-state index >= 15 is 8.78 Å². The largest absolute Gasteiger partial charge is 0.442 e. The number of hydrogen-bond acceptors (Lipinski definition) is 7. The zero-order chi connectivity index (χ0) is 27.1. The second kappa shape index (κ2) is 12.6. The Bertz CT molecular complexity index is 1070. The zero-order valence-electron chi connectivity index (χ0n) is 20.4. The number of carbonyl (C=O) groups is 2. The van der Waals surface area contributed by atoms with Crippen LogP contribution in [0, 0.1) is 11.6 Å². The molecule has 202 valence electrons. The summed E-state index contributed by atoms with van der Waals surface area (Å²) in [7, 11) is 1.50. The van der Waals surface area contributed by atoms with E-state index in [0.29, 0.717) is 25.3 Å². The van der Waals surface area contributed by atoms with Crippen molar-refractivity contribution >= 4 is 29.1 Å². The molecule has 0 spiro atoms. The SMILES string of the molecule is CCN(CCN(Cc1ccc(N)cc1)OC)c1c(F)cc(N2C[C@H](CNC(=O)C(F)F)OC2=O)cc1F. The summed E-state index contributed by atoms with van der Waals surface area (Å²) in [6.07, 6.45) is -5.07. The molecule has 1 aliphatic heterocycles. The molecule has 2 aromatic carbocycles. The predicted octanol–water partition coefficient (Wildman–Crippen LogP) is 3.14. The maximum atomic E-state index is 15.1. The molecule has 0 bridgehead atoms. The van der Waals surface area contributed by atoms with Gasteiger partial charge < -0.3 is 25.5 Å². The van der Waals surface area contributed by atoms with Crippen LogP contribution in [0.5, 0.6) is 0 Å². The lowest BCUT2D eigenvalue weighted by Crippen LogP contribution is -2.37. The van der Waals surface area contributed by atoms with Crippen LogP contribution >= 0.6 is 0 Å². The molecule has 9 nitrogen and oxygen atoms in total. The second-order valence-corrected chi connectivity index (χ2v) is 8.29. The molecule has 2 amide bonds. The molecule has 1 heterocycles. The Kier molecular flexibility index (Phi) is 9.53. The number of hydrogen-bond donors (Lipinski definition) is 2. The van der Waals surface area contributed by atoms with Crippen LogP contribution in [0.3, 0.4) is 0 Å². The van der Waals surface area contributed by atoms with E-state index < -0.39 is 36.2 Å². The fourth-order valence-electron chi connectivity index (χ4n) is 3.86. The van der Waals surface area contributed by atoms with Crippen LogP contribution in [0.4, 0.5) is 39.4 Å². The molecule has 1 atom stereocenters. The van der Waals surface area contributed by atoms with Crippen molar-refractivity contribution in [2.24, 2.45) is 0 Å². The van der Waals surface area contributed by atoms with Gasteiger partial charge in [0.05, 0.1) is 25.9 Å². The number of amides is 2. The lowest BCUT2D eigenvalue weighted by atomic mass is 10.2. The van der Waals surface area contributed by atoms with Crippen molar-refractivity contribution in [3.05, 3.63) is 53.6 Å². The minimum absolute atomic E-state index is 0.0932. The number of rotatable bonds is 12. The topological polar surface area (TPSA) is 100 Å². The van der Waals surface area contributed by atoms with Crippen molar-refractivity contribution in [2.45, 2.75) is 26.0 Å². The average Bonchev–Trinajstić information content (AvgIpc) is 3.24. The number of halogens is 4. The number of benzene rings is 2. The summed E-state index contributed by atoms with van der Waals surface area (Å²) in [5.74, 6) is -3.28. The molecule has 0 radical (unpaired) electrons. The number of anilines is 3. The summed E-state index contributed by atoms with van der Waals surface area (Å²) in [6, 6.07) is 9.27. The quantitative estimate of drug-likeness (QED) is 0.249. The second-order valence-electron chi connectivity index (χ2n) is 8.29. The molecule has 0 aromatic heterocycles. The zero-order valence-corrected chi connectivity index (χ0v) is 20.4. The molecular weight excluding hydrogens is 498 g/mol. The van der Waals surface area contributed by atoms with Crippen molar-refractivity contribution < 1.29 is 36.7 Å². The van der Waals surface area contributed by atoms with Gasteiger partial charge in [0.1, 0.15) is 11.8 Å². The van der Waals surface area contributed by atoms with Gasteiger partial charge in [0.15, 0.2) is 11.6 Å². The smallest absolute Gasteiger partial charge is 0.414 e. The molecule has 37 heavy (non-hydrogen) atoms. The normalized spacial score (nSPS) is 15.4. The van der Waals surface area contributed by atoms with Crippen LogP contribution < -0.4 is 20.9 Å². The summed E-state index contributed by atoms with van der Waals surface area (Å²) in [6.45, 7) is 2.53. The van der Waals surface area contributed by atoms with Crippen molar-refractivity contribution in [3.63, 3.8) is 0 Å². The predicted molar refractivity (Wildman–Crippen MR) is 129 cm³/mol. The van der Waals surface area contributed by atoms with Crippen molar-refractivity contribution in [1.29, 1.82) is 0 Å². The van der Waals surface area contributed by atoms with Gasteiger partial charge in [0.2, 0.25) is 0 Å². The highest BCUT2D eigenvalue weighted by Gasteiger charge is 2.34. The Labute approximate surface area is 211 Å². The molecule has 1 saturated heterocycles. The van der Waals surface area contributed by atoms with E-state index in [1.165, 1.54) is 12.0 Å². The van der Waals surface area contributed by atoms with Gasteiger partial charge in [0.25, 0.3) is 5.91 Å². The summed E-state index contributed by atoms with van der Waals surface area (Å²) in [5, 5.41) is 3.59. The summed E-state index contributed by atoms with van der Waals surface area (Å²) >= 11 is 0. The molecule has 0 saturated carbocycles. The van der Waals surface area contributed by atoms with E-state index in [0.717, 1.165) is 22.6 Å². The van der Waals surface area contributed by atoms with Crippen LogP contribution in [0.2, 0.25) is 0 Å². The first kappa shape index (κ1) is 28.0. The van der Waals surface area contributed by atoms with Crippen molar-refractivity contribution in [2.75, 3.05) is 55.4 Å². The number of nitrogens with two attached hydrogens (primary N) is 1. The molecule has 2 aromatic rings. The van der Waals surface area contributed by atoms with E-state index in [1.54, 1.807) is 24.1 Å². The fourth-order valence-corrected chi connectivity index (χ4v) is 3.86. The summed E-state index contributed by atoms with van der Waals surface area (Å²) in [5.41, 5.74) is 6.94. The Morgan fingerprint density at radius 2 is 1.86 bits per heavy atom. The Balaban J connectivity index is 1.66. The standard InChI is InChI=1S/C24H29F4N5O4/c1-3-31(8-9-32(36-2)13-15-4-6-16(29)7-5-15)21-19(25)10-17(11-20(21)26)33-14-18(37-24(33)35)12-30-23(34)22(27)28/h4-7,10-11,18,22H,3,8-9,12-14,29H2,1-2H3,(H,30,34)/t18-/m0/s1. The van der Waals surface area contributed by atoms with Crippen LogP contribution in [-0.2, 0) is 20.9 Å². The minimum Gasteiger partial charge on any atom is -0.442 e.